The zero-order valence-corrected chi connectivity index (χ0v) is 12.6. The van der Waals surface area contributed by atoms with Crippen molar-refractivity contribution >= 4 is 29.6 Å². The van der Waals surface area contributed by atoms with Crippen LogP contribution in [0.3, 0.4) is 0 Å². The number of pyridine rings is 1. The molecule has 0 saturated heterocycles. The maximum atomic E-state index is 11.6. The van der Waals surface area contributed by atoms with E-state index in [0.717, 1.165) is 12.3 Å². The predicted octanol–water partition coefficient (Wildman–Crippen LogP) is 1.94. The van der Waals surface area contributed by atoms with Crippen LogP contribution in [0.1, 0.15) is 5.56 Å². The van der Waals surface area contributed by atoms with E-state index in [1.54, 1.807) is 18.3 Å². The second-order valence-corrected chi connectivity index (χ2v) is 5.25. The minimum Gasteiger partial charge on any atom is -0.507 e. The summed E-state index contributed by atoms with van der Waals surface area (Å²) in [5, 5.41) is 24.6. The van der Waals surface area contributed by atoms with Crippen molar-refractivity contribution in [2.45, 2.75) is 5.03 Å². The lowest BCUT2D eigenvalue weighted by molar-refractivity contribution is -0.384. The molecule has 0 fully saturated rings. The molecule has 0 unspecified atom stereocenters. The van der Waals surface area contributed by atoms with Gasteiger partial charge in [-0.1, -0.05) is 17.8 Å². The summed E-state index contributed by atoms with van der Waals surface area (Å²) in [5.74, 6) is -0.409. The number of aromatic nitrogens is 1. The van der Waals surface area contributed by atoms with Crippen molar-refractivity contribution in [3.05, 3.63) is 58.3 Å². The van der Waals surface area contributed by atoms with E-state index < -0.39 is 4.92 Å². The van der Waals surface area contributed by atoms with Gasteiger partial charge in [0.15, 0.2) is 0 Å². The van der Waals surface area contributed by atoms with Crippen molar-refractivity contribution < 1.29 is 14.8 Å². The number of phenolic OH excluding ortho intramolecular Hbond substituents is 1. The number of nitro groups is 1. The van der Waals surface area contributed by atoms with Gasteiger partial charge in [-0.15, -0.1) is 0 Å². The Bertz CT molecular complexity index is 737. The van der Waals surface area contributed by atoms with Crippen LogP contribution >= 0.6 is 11.8 Å². The van der Waals surface area contributed by atoms with Crippen molar-refractivity contribution in [3.8, 4) is 5.75 Å². The molecule has 0 bridgehead atoms. The Labute approximate surface area is 135 Å². The fraction of sp³-hybridized carbons (Fsp3) is 0.0714. The zero-order valence-electron chi connectivity index (χ0n) is 11.7. The van der Waals surface area contributed by atoms with E-state index in [9.17, 15) is 20.0 Å². The molecule has 2 N–H and O–H groups in total. The van der Waals surface area contributed by atoms with Crippen LogP contribution in [0.4, 0.5) is 5.69 Å². The summed E-state index contributed by atoms with van der Waals surface area (Å²) in [6, 6.07) is 8.90. The van der Waals surface area contributed by atoms with Crippen LogP contribution in [-0.2, 0) is 4.79 Å². The highest BCUT2D eigenvalue weighted by Gasteiger charge is 2.09. The number of carbonyl (C=O) groups is 1. The van der Waals surface area contributed by atoms with E-state index in [0.29, 0.717) is 5.03 Å². The normalized spacial score (nSPS) is 10.6. The number of hydrogen-bond donors (Lipinski definition) is 2. The van der Waals surface area contributed by atoms with Gasteiger partial charge in [0, 0.05) is 23.9 Å². The van der Waals surface area contributed by atoms with Gasteiger partial charge < -0.3 is 5.11 Å². The van der Waals surface area contributed by atoms with Gasteiger partial charge in [-0.2, -0.15) is 5.10 Å². The summed E-state index contributed by atoms with van der Waals surface area (Å²) in [4.78, 5) is 25.8. The van der Waals surface area contributed by atoms with Gasteiger partial charge in [-0.05, 0) is 18.2 Å². The number of hydrazone groups is 1. The van der Waals surface area contributed by atoms with Gasteiger partial charge in [0.1, 0.15) is 5.75 Å². The lowest BCUT2D eigenvalue weighted by Crippen LogP contribution is -2.19. The number of nitrogens with one attached hydrogen (secondary N) is 1. The van der Waals surface area contributed by atoms with Crippen LogP contribution in [0.15, 0.2) is 52.7 Å². The van der Waals surface area contributed by atoms with Crippen LogP contribution < -0.4 is 5.43 Å². The highest BCUT2D eigenvalue weighted by atomic mass is 32.2. The second kappa shape index (κ2) is 7.90. The van der Waals surface area contributed by atoms with Crippen molar-refractivity contribution in [1.29, 1.82) is 0 Å². The van der Waals surface area contributed by atoms with Crippen LogP contribution in [0, 0.1) is 10.1 Å². The summed E-state index contributed by atoms with van der Waals surface area (Å²) >= 11 is 1.25. The number of thioether (sulfide) groups is 1. The van der Waals surface area contributed by atoms with Gasteiger partial charge in [0.2, 0.25) is 5.91 Å². The van der Waals surface area contributed by atoms with Crippen molar-refractivity contribution in [1.82, 2.24) is 10.4 Å². The van der Waals surface area contributed by atoms with Gasteiger partial charge in [0.25, 0.3) is 5.69 Å². The summed E-state index contributed by atoms with van der Waals surface area (Å²) in [5.41, 5.74) is 2.23. The minimum atomic E-state index is -0.584. The number of benzene rings is 1. The minimum absolute atomic E-state index is 0.120. The number of phenols is 1. The molecule has 0 saturated carbocycles. The van der Waals surface area contributed by atoms with Crippen molar-refractivity contribution in [3.63, 3.8) is 0 Å². The van der Waals surface area contributed by atoms with Gasteiger partial charge in [-0.25, -0.2) is 10.4 Å². The lowest BCUT2D eigenvalue weighted by atomic mass is 10.2. The Hall–Kier alpha value is -2.94. The first-order valence-corrected chi connectivity index (χ1v) is 7.38. The Morgan fingerprint density at radius 2 is 2.26 bits per heavy atom. The van der Waals surface area contributed by atoms with Crippen molar-refractivity contribution in [2.75, 3.05) is 5.75 Å². The molecule has 0 aliphatic carbocycles. The molecular weight excluding hydrogens is 320 g/mol. The van der Waals surface area contributed by atoms with E-state index in [4.69, 9.17) is 0 Å². The molecule has 0 spiro atoms. The number of carbonyl (C=O) groups excluding carboxylic acids is 1. The third-order valence-corrected chi connectivity index (χ3v) is 3.55. The molecule has 0 aliphatic heterocycles. The third-order valence-electron chi connectivity index (χ3n) is 2.60. The molecule has 8 nitrogen and oxygen atoms in total. The van der Waals surface area contributed by atoms with Crippen LogP contribution in [0.25, 0.3) is 0 Å². The number of aromatic hydroxyl groups is 1. The van der Waals surface area contributed by atoms with Crippen LogP contribution in [0.5, 0.6) is 5.75 Å². The maximum Gasteiger partial charge on any atom is 0.270 e. The summed E-state index contributed by atoms with van der Waals surface area (Å²) in [6.45, 7) is 0. The van der Waals surface area contributed by atoms with E-state index in [2.05, 4.69) is 15.5 Å². The van der Waals surface area contributed by atoms with Crippen molar-refractivity contribution in [2.24, 2.45) is 5.10 Å². The van der Waals surface area contributed by atoms with Gasteiger partial charge in [0.05, 0.1) is 21.9 Å². The number of hydrogen-bond acceptors (Lipinski definition) is 7. The first-order chi connectivity index (χ1) is 11.1. The highest BCUT2D eigenvalue weighted by Crippen LogP contribution is 2.21. The van der Waals surface area contributed by atoms with E-state index in [-0.39, 0.29) is 28.7 Å². The Balaban J connectivity index is 1.90. The fourth-order valence-corrected chi connectivity index (χ4v) is 2.19. The SMILES string of the molecule is O=C(CSc1ccccn1)N/N=C\c1cc([N+](=O)[O-])ccc1O. The summed E-state index contributed by atoms with van der Waals surface area (Å²) < 4.78 is 0. The molecule has 2 rings (SSSR count). The zero-order chi connectivity index (χ0) is 16.7. The first-order valence-electron chi connectivity index (χ1n) is 6.39. The van der Waals surface area contributed by atoms with E-state index in [1.165, 1.54) is 23.9 Å². The quantitative estimate of drug-likeness (QED) is 0.361. The molecule has 1 aromatic heterocycles. The second-order valence-electron chi connectivity index (χ2n) is 4.25. The number of nitrogens with zero attached hydrogens (tertiary/aromatic N) is 3. The fourth-order valence-electron chi connectivity index (χ4n) is 1.54. The Kier molecular flexibility index (Phi) is 5.64. The largest absolute Gasteiger partial charge is 0.507 e. The number of rotatable bonds is 6. The lowest BCUT2D eigenvalue weighted by Gasteiger charge is -2.01. The molecule has 1 heterocycles. The number of amides is 1. The van der Waals surface area contributed by atoms with E-state index in [1.807, 2.05) is 6.07 Å². The molecule has 1 aromatic carbocycles. The van der Waals surface area contributed by atoms with E-state index >= 15 is 0 Å². The molecule has 2 aromatic rings. The molecule has 1 amide bonds. The Morgan fingerprint density at radius 1 is 1.43 bits per heavy atom. The third kappa shape index (κ3) is 5.08. The molecule has 23 heavy (non-hydrogen) atoms. The van der Waals surface area contributed by atoms with Crippen LogP contribution in [-0.4, -0.2) is 32.9 Å². The molecule has 0 radical (unpaired) electrons. The summed E-state index contributed by atoms with van der Waals surface area (Å²) in [7, 11) is 0. The standard InChI is InChI=1S/C14H12N4O4S/c19-12-5-4-11(18(21)22)7-10(12)8-16-17-13(20)9-23-14-3-1-2-6-15-14/h1-8,19H,9H2,(H,17,20)/b16-8-. The highest BCUT2D eigenvalue weighted by molar-refractivity contribution is 7.99. The van der Waals surface area contributed by atoms with Gasteiger partial charge >= 0.3 is 0 Å². The van der Waals surface area contributed by atoms with Gasteiger partial charge in [-0.3, -0.25) is 14.9 Å². The topological polar surface area (TPSA) is 118 Å². The smallest absolute Gasteiger partial charge is 0.270 e. The average Bonchev–Trinajstić information content (AvgIpc) is 2.55. The van der Waals surface area contributed by atoms with Crippen LogP contribution in [0.2, 0.25) is 0 Å². The molecule has 118 valence electrons. The molecule has 0 atom stereocenters. The average molecular weight is 332 g/mol. The predicted molar refractivity (Wildman–Crippen MR) is 85.5 cm³/mol. The summed E-state index contributed by atoms with van der Waals surface area (Å²) in [6.07, 6.45) is 2.77. The number of non-ortho nitro benzene ring substituents is 1. The monoisotopic (exact) mass is 332 g/mol. The molecular formula is C14H12N4O4S. The molecule has 0 aliphatic rings. The number of nitro benzene ring substituents is 1. The first kappa shape index (κ1) is 16.4. The maximum absolute atomic E-state index is 11.6. The molecule has 9 heteroatoms. The Morgan fingerprint density at radius 3 is 2.96 bits per heavy atom.